The first-order valence-electron chi connectivity index (χ1n) is 5.39. The summed E-state index contributed by atoms with van der Waals surface area (Å²) in [4.78, 5) is 23.3. The van der Waals surface area contributed by atoms with Crippen molar-refractivity contribution in [1.29, 1.82) is 0 Å². The Morgan fingerprint density at radius 1 is 1.11 bits per heavy atom. The summed E-state index contributed by atoms with van der Waals surface area (Å²) in [6.07, 6.45) is 0. The zero-order valence-electron chi connectivity index (χ0n) is 10.7. The van der Waals surface area contributed by atoms with Gasteiger partial charge in [-0.15, -0.1) is 0 Å². The van der Waals surface area contributed by atoms with E-state index in [1.54, 1.807) is 12.1 Å². The minimum absolute atomic E-state index is 0.171. The fraction of sp³-hybridized carbons (Fsp3) is 0.231. The van der Waals surface area contributed by atoms with Crippen LogP contribution >= 0.6 is 0 Å². The van der Waals surface area contributed by atoms with Gasteiger partial charge < -0.3 is 18.6 Å². The van der Waals surface area contributed by atoms with Crippen LogP contribution in [0.5, 0.6) is 11.5 Å². The molecule has 1 heterocycles. The van der Waals surface area contributed by atoms with Crippen LogP contribution in [0.25, 0.3) is 10.8 Å². The molecule has 19 heavy (non-hydrogen) atoms. The van der Waals surface area contributed by atoms with E-state index in [-0.39, 0.29) is 11.1 Å². The van der Waals surface area contributed by atoms with Crippen molar-refractivity contribution in [1.82, 2.24) is 0 Å². The van der Waals surface area contributed by atoms with E-state index in [0.29, 0.717) is 16.9 Å². The molecule has 100 valence electrons. The van der Waals surface area contributed by atoms with Gasteiger partial charge >= 0.3 is 11.6 Å². The van der Waals surface area contributed by atoms with Crippen LogP contribution in [-0.4, -0.2) is 27.3 Å². The Balaban J connectivity index is 2.80. The maximum Gasteiger partial charge on any atom is 0.374 e. The zero-order chi connectivity index (χ0) is 14.0. The highest BCUT2D eigenvalue weighted by atomic mass is 16.5. The maximum absolute atomic E-state index is 11.9. The lowest BCUT2D eigenvalue weighted by atomic mass is 10.1. The molecule has 0 radical (unpaired) electrons. The third kappa shape index (κ3) is 2.24. The summed E-state index contributed by atoms with van der Waals surface area (Å²) >= 11 is 0. The van der Waals surface area contributed by atoms with Crippen molar-refractivity contribution in [3.63, 3.8) is 0 Å². The SMILES string of the molecule is COC(=O)c1cc2cc(OC)cc(OC)c2c(=O)o1. The molecule has 0 N–H and O–H groups in total. The van der Waals surface area contributed by atoms with Crippen molar-refractivity contribution in [3.8, 4) is 11.5 Å². The zero-order valence-corrected chi connectivity index (χ0v) is 10.7. The molecule has 0 aliphatic heterocycles. The Kier molecular flexibility index (Phi) is 3.41. The second-order valence-electron chi connectivity index (χ2n) is 3.68. The summed E-state index contributed by atoms with van der Waals surface area (Å²) in [5.74, 6) is -0.0682. The van der Waals surface area contributed by atoms with Crippen molar-refractivity contribution in [2.75, 3.05) is 21.3 Å². The molecule has 0 fully saturated rings. The summed E-state index contributed by atoms with van der Waals surface area (Å²) in [7, 11) is 4.13. The molecule has 0 bridgehead atoms. The Hall–Kier alpha value is -2.50. The van der Waals surface area contributed by atoms with Crippen molar-refractivity contribution < 1.29 is 23.4 Å². The number of esters is 1. The summed E-state index contributed by atoms with van der Waals surface area (Å²) in [5, 5.41) is 0.726. The number of fused-ring (bicyclic) bond motifs is 1. The van der Waals surface area contributed by atoms with Gasteiger partial charge in [-0.05, 0) is 12.1 Å². The van der Waals surface area contributed by atoms with Gasteiger partial charge in [-0.3, -0.25) is 0 Å². The highest BCUT2D eigenvalue weighted by Crippen LogP contribution is 2.29. The highest BCUT2D eigenvalue weighted by molar-refractivity contribution is 5.94. The van der Waals surface area contributed by atoms with Crippen LogP contribution in [0.1, 0.15) is 10.6 Å². The molecule has 6 heteroatoms. The molecular formula is C13H12O6. The third-order valence-electron chi connectivity index (χ3n) is 2.64. The topological polar surface area (TPSA) is 75.0 Å². The van der Waals surface area contributed by atoms with E-state index < -0.39 is 11.6 Å². The largest absolute Gasteiger partial charge is 0.497 e. The fourth-order valence-corrected chi connectivity index (χ4v) is 1.74. The average molecular weight is 264 g/mol. The molecule has 0 amide bonds. The van der Waals surface area contributed by atoms with Crippen LogP contribution in [0.3, 0.4) is 0 Å². The van der Waals surface area contributed by atoms with Gasteiger partial charge in [0.05, 0.1) is 21.3 Å². The van der Waals surface area contributed by atoms with Gasteiger partial charge in [-0.2, -0.15) is 0 Å². The Morgan fingerprint density at radius 2 is 1.84 bits per heavy atom. The molecule has 1 aromatic carbocycles. The van der Waals surface area contributed by atoms with E-state index in [4.69, 9.17) is 13.9 Å². The lowest BCUT2D eigenvalue weighted by Crippen LogP contribution is -2.09. The highest BCUT2D eigenvalue weighted by Gasteiger charge is 2.16. The number of hydrogen-bond donors (Lipinski definition) is 0. The van der Waals surface area contributed by atoms with Gasteiger partial charge in [-0.25, -0.2) is 9.59 Å². The predicted octanol–water partition coefficient (Wildman–Crippen LogP) is 1.60. The summed E-state index contributed by atoms with van der Waals surface area (Å²) in [5.41, 5.74) is -0.669. The molecule has 1 aromatic heterocycles. The van der Waals surface area contributed by atoms with Gasteiger partial charge in [-0.1, -0.05) is 0 Å². The van der Waals surface area contributed by atoms with Crippen LogP contribution in [-0.2, 0) is 4.74 Å². The van der Waals surface area contributed by atoms with E-state index >= 15 is 0 Å². The standard InChI is InChI=1S/C13H12O6/c1-16-8-4-7-5-10(12(14)18-3)19-13(15)11(7)9(6-8)17-2/h4-6H,1-3H3. The number of rotatable bonds is 3. The van der Waals surface area contributed by atoms with Crippen molar-refractivity contribution in [2.24, 2.45) is 0 Å². The van der Waals surface area contributed by atoms with E-state index in [2.05, 4.69) is 4.74 Å². The monoisotopic (exact) mass is 264 g/mol. The molecule has 0 saturated heterocycles. The molecule has 2 aromatic rings. The Labute approximate surface area is 108 Å². The molecule has 0 saturated carbocycles. The van der Waals surface area contributed by atoms with Gasteiger partial charge in [0.2, 0.25) is 5.76 Å². The lowest BCUT2D eigenvalue weighted by Gasteiger charge is -2.08. The van der Waals surface area contributed by atoms with Crippen molar-refractivity contribution >= 4 is 16.7 Å². The minimum Gasteiger partial charge on any atom is -0.497 e. The Bertz CT molecular complexity index is 685. The first-order chi connectivity index (χ1) is 9.10. The van der Waals surface area contributed by atoms with E-state index in [1.807, 2.05) is 0 Å². The summed E-state index contributed by atoms with van der Waals surface area (Å²) < 4.78 is 19.7. The molecule has 2 rings (SSSR count). The van der Waals surface area contributed by atoms with Crippen LogP contribution in [0.4, 0.5) is 0 Å². The first-order valence-corrected chi connectivity index (χ1v) is 5.39. The normalized spacial score (nSPS) is 10.3. The number of carbonyl (C=O) groups excluding carboxylic acids is 1. The fourth-order valence-electron chi connectivity index (χ4n) is 1.74. The number of benzene rings is 1. The van der Waals surface area contributed by atoms with Crippen LogP contribution < -0.4 is 15.1 Å². The number of methoxy groups -OCH3 is 3. The third-order valence-corrected chi connectivity index (χ3v) is 2.64. The van der Waals surface area contributed by atoms with Crippen LogP contribution in [0, 0.1) is 0 Å². The van der Waals surface area contributed by atoms with Crippen LogP contribution in [0.15, 0.2) is 27.4 Å². The summed E-state index contributed by atoms with van der Waals surface area (Å²) in [6, 6.07) is 4.59. The maximum atomic E-state index is 11.9. The Morgan fingerprint density at radius 3 is 2.42 bits per heavy atom. The molecule has 6 nitrogen and oxygen atoms in total. The van der Waals surface area contributed by atoms with Crippen molar-refractivity contribution in [3.05, 3.63) is 34.4 Å². The van der Waals surface area contributed by atoms with E-state index in [0.717, 1.165) is 0 Å². The number of ether oxygens (including phenoxy) is 3. The smallest absolute Gasteiger partial charge is 0.374 e. The predicted molar refractivity (Wildman–Crippen MR) is 66.9 cm³/mol. The quantitative estimate of drug-likeness (QED) is 0.784. The van der Waals surface area contributed by atoms with Gasteiger partial charge in [0.25, 0.3) is 0 Å². The van der Waals surface area contributed by atoms with Gasteiger partial charge in [0.15, 0.2) is 0 Å². The van der Waals surface area contributed by atoms with E-state index in [1.165, 1.54) is 27.4 Å². The molecule has 0 aliphatic carbocycles. The van der Waals surface area contributed by atoms with Crippen LogP contribution in [0.2, 0.25) is 0 Å². The minimum atomic E-state index is -0.721. The molecular weight excluding hydrogens is 252 g/mol. The van der Waals surface area contributed by atoms with Gasteiger partial charge in [0, 0.05) is 11.5 Å². The number of carbonyl (C=O) groups is 1. The van der Waals surface area contributed by atoms with Gasteiger partial charge in [0.1, 0.15) is 16.9 Å². The molecule has 0 aliphatic rings. The lowest BCUT2D eigenvalue weighted by molar-refractivity contribution is 0.0560. The first kappa shape index (κ1) is 12.9. The average Bonchev–Trinajstić information content (AvgIpc) is 2.44. The molecule has 0 spiro atoms. The second-order valence-corrected chi connectivity index (χ2v) is 3.68. The molecule has 0 unspecified atom stereocenters. The number of hydrogen-bond acceptors (Lipinski definition) is 6. The second kappa shape index (κ2) is 5.01. The summed E-state index contributed by atoms with van der Waals surface area (Å²) in [6.45, 7) is 0. The van der Waals surface area contributed by atoms with E-state index in [9.17, 15) is 9.59 Å². The van der Waals surface area contributed by atoms with Crippen molar-refractivity contribution in [2.45, 2.75) is 0 Å². The molecule has 0 atom stereocenters.